The number of amides is 3. The molecule has 1 aliphatic heterocycles. The molecule has 0 bridgehead atoms. The molecule has 1 aliphatic carbocycles. The fraction of sp³-hybridized carbons (Fsp3) is 0.417. The molecule has 12 heteroatoms. The SMILES string of the molecule is CNC(=O)C1(NC(=O)C(=O)c2c(C)c(C(=O)Nc3cc(F)c(C)c(F)c3)n3c2CCC3)CC(F)(F)C1. The second-order valence-electron chi connectivity index (χ2n) is 9.22. The predicted octanol–water partition coefficient (Wildman–Crippen LogP) is 2.79. The first-order valence-corrected chi connectivity index (χ1v) is 11.3. The highest BCUT2D eigenvalue weighted by molar-refractivity contribution is 6.44. The summed E-state index contributed by atoms with van der Waals surface area (Å²) in [6, 6.07) is 1.93. The highest BCUT2D eigenvalue weighted by atomic mass is 19.3. The summed E-state index contributed by atoms with van der Waals surface area (Å²) in [5.74, 6) is -8.74. The van der Waals surface area contributed by atoms with E-state index in [1.807, 2.05) is 0 Å². The number of aromatic nitrogens is 1. The number of benzene rings is 1. The Hall–Kier alpha value is -3.70. The number of nitrogens with one attached hydrogen (secondary N) is 3. The Kier molecular flexibility index (Phi) is 6.17. The van der Waals surface area contributed by atoms with Gasteiger partial charge >= 0.3 is 0 Å². The van der Waals surface area contributed by atoms with Crippen LogP contribution in [0.15, 0.2) is 12.1 Å². The maximum atomic E-state index is 13.9. The van der Waals surface area contributed by atoms with Crippen LogP contribution in [-0.2, 0) is 22.6 Å². The molecule has 1 fully saturated rings. The molecule has 0 atom stereocenters. The van der Waals surface area contributed by atoms with Gasteiger partial charge < -0.3 is 20.5 Å². The van der Waals surface area contributed by atoms with Crippen LogP contribution in [0.3, 0.4) is 0 Å². The summed E-state index contributed by atoms with van der Waals surface area (Å²) < 4.78 is 56.6. The summed E-state index contributed by atoms with van der Waals surface area (Å²) in [6.45, 7) is 3.06. The Morgan fingerprint density at radius 1 is 1.00 bits per heavy atom. The standard InChI is InChI=1S/C24H24F4N4O4/c1-11-14(25)7-13(8-15(11)26)30-20(34)18-12(2)17(16-5-4-6-32(16)18)19(33)21(35)31-23(22(36)29-3)9-24(27,28)10-23/h7-8H,4-6,9-10H2,1-3H3,(H,29,36)(H,30,34)(H,31,35). The van der Waals surface area contributed by atoms with Gasteiger partial charge in [-0.15, -0.1) is 0 Å². The van der Waals surface area contributed by atoms with Crippen LogP contribution < -0.4 is 16.0 Å². The van der Waals surface area contributed by atoms with Crippen LogP contribution in [0.2, 0.25) is 0 Å². The molecule has 36 heavy (non-hydrogen) atoms. The Morgan fingerprint density at radius 3 is 2.17 bits per heavy atom. The number of nitrogens with zero attached hydrogens (tertiary/aromatic N) is 1. The van der Waals surface area contributed by atoms with Crippen LogP contribution in [0.1, 0.15) is 56.9 Å². The lowest BCUT2D eigenvalue weighted by Crippen LogP contribution is -2.69. The van der Waals surface area contributed by atoms with E-state index in [1.54, 1.807) is 4.57 Å². The Labute approximate surface area is 203 Å². The molecule has 2 aromatic rings. The smallest absolute Gasteiger partial charge is 0.293 e. The van der Waals surface area contributed by atoms with Crippen molar-refractivity contribution in [1.29, 1.82) is 0 Å². The van der Waals surface area contributed by atoms with E-state index >= 15 is 0 Å². The van der Waals surface area contributed by atoms with Gasteiger partial charge in [0.15, 0.2) is 0 Å². The molecular formula is C24H24F4N4O4. The topological polar surface area (TPSA) is 109 Å². The third-order valence-electron chi connectivity index (χ3n) is 6.73. The predicted molar refractivity (Wildman–Crippen MR) is 120 cm³/mol. The van der Waals surface area contributed by atoms with E-state index in [4.69, 9.17) is 0 Å². The molecule has 0 saturated heterocycles. The second kappa shape index (κ2) is 8.75. The molecule has 8 nitrogen and oxygen atoms in total. The number of fused-ring (bicyclic) bond motifs is 1. The average molecular weight is 508 g/mol. The number of alkyl halides is 2. The van der Waals surface area contributed by atoms with Gasteiger partial charge in [0.25, 0.3) is 23.5 Å². The molecule has 0 spiro atoms. The van der Waals surface area contributed by atoms with E-state index in [0.717, 1.165) is 12.1 Å². The Balaban J connectivity index is 1.63. The third kappa shape index (κ3) is 4.14. The minimum Gasteiger partial charge on any atom is -0.357 e. The maximum Gasteiger partial charge on any atom is 0.293 e. The summed E-state index contributed by atoms with van der Waals surface area (Å²) >= 11 is 0. The van der Waals surface area contributed by atoms with Gasteiger partial charge in [-0.2, -0.15) is 0 Å². The molecule has 0 unspecified atom stereocenters. The fourth-order valence-corrected chi connectivity index (χ4v) is 4.98. The molecule has 3 N–H and O–H groups in total. The second-order valence-corrected chi connectivity index (χ2v) is 9.22. The Bertz CT molecular complexity index is 1290. The van der Waals surface area contributed by atoms with Gasteiger partial charge in [0, 0.05) is 43.4 Å². The number of hydrogen-bond donors (Lipinski definition) is 3. The van der Waals surface area contributed by atoms with Gasteiger partial charge in [0.1, 0.15) is 22.9 Å². The van der Waals surface area contributed by atoms with Crippen LogP contribution in [0.5, 0.6) is 0 Å². The number of ketones is 1. The Morgan fingerprint density at radius 2 is 1.61 bits per heavy atom. The maximum absolute atomic E-state index is 13.9. The van der Waals surface area contributed by atoms with E-state index in [1.165, 1.54) is 20.9 Å². The van der Waals surface area contributed by atoms with Crippen molar-refractivity contribution in [2.24, 2.45) is 0 Å². The van der Waals surface area contributed by atoms with Gasteiger partial charge in [-0.05, 0) is 44.4 Å². The summed E-state index contributed by atoms with van der Waals surface area (Å²) in [5.41, 5.74) is -1.70. The van der Waals surface area contributed by atoms with Crippen molar-refractivity contribution in [3.8, 4) is 0 Å². The molecule has 2 aliphatic rings. The highest BCUT2D eigenvalue weighted by Gasteiger charge is 2.62. The molecule has 2 heterocycles. The van der Waals surface area contributed by atoms with Crippen LogP contribution in [0.4, 0.5) is 23.2 Å². The lowest BCUT2D eigenvalue weighted by molar-refractivity contribution is -0.164. The zero-order chi connectivity index (χ0) is 26.6. The molecule has 4 rings (SSSR count). The molecule has 3 amide bonds. The minimum atomic E-state index is -3.16. The van der Waals surface area contributed by atoms with Crippen molar-refractivity contribution in [2.45, 2.75) is 57.5 Å². The first-order valence-electron chi connectivity index (χ1n) is 11.3. The lowest BCUT2D eigenvalue weighted by atomic mass is 9.72. The third-order valence-corrected chi connectivity index (χ3v) is 6.73. The van der Waals surface area contributed by atoms with Crippen molar-refractivity contribution in [1.82, 2.24) is 15.2 Å². The number of Topliss-reactive ketones (excluding diaryl/α,β-unsaturated/α-hetero) is 1. The number of likely N-dealkylation sites (N-methyl/N-ethyl adjacent to an activating group) is 1. The van der Waals surface area contributed by atoms with E-state index in [9.17, 15) is 36.7 Å². The zero-order valence-electron chi connectivity index (χ0n) is 19.8. The fourth-order valence-electron chi connectivity index (χ4n) is 4.98. The largest absolute Gasteiger partial charge is 0.357 e. The first-order chi connectivity index (χ1) is 16.8. The summed E-state index contributed by atoms with van der Waals surface area (Å²) in [5, 5.41) is 6.82. The molecule has 192 valence electrons. The molecule has 1 aromatic heterocycles. The van der Waals surface area contributed by atoms with Crippen molar-refractivity contribution >= 4 is 29.2 Å². The first kappa shape index (κ1) is 25.4. The van der Waals surface area contributed by atoms with Gasteiger partial charge in [-0.3, -0.25) is 19.2 Å². The minimum absolute atomic E-state index is 0.0382. The zero-order valence-corrected chi connectivity index (χ0v) is 19.8. The van der Waals surface area contributed by atoms with Crippen LogP contribution >= 0.6 is 0 Å². The van der Waals surface area contributed by atoms with E-state index in [2.05, 4.69) is 16.0 Å². The summed E-state index contributed by atoms with van der Waals surface area (Å²) in [7, 11) is 1.23. The number of rotatable bonds is 6. The summed E-state index contributed by atoms with van der Waals surface area (Å²) in [6.07, 6.45) is -0.944. The number of carbonyl (C=O) groups excluding carboxylic acids is 4. The molecule has 1 aromatic carbocycles. The number of halogens is 4. The van der Waals surface area contributed by atoms with Crippen LogP contribution in [0.25, 0.3) is 0 Å². The molecular weight excluding hydrogens is 484 g/mol. The van der Waals surface area contributed by atoms with Gasteiger partial charge in [0.05, 0.1) is 5.56 Å². The van der Waals surface area contributed by atoms with Crippen LogP contribution in [-0.4, -0.2) is 46.6 Å². The van der Waals surface area contributed by atoms with Crippen molar-refractivity contribution in [2.75, 3.05) is 12.4 Å². The van der Waals surface area contributed by atoms with E-state index in [0.29, 0.717) is 25.1 Å². The van der Waals surface area contributed by atoms with Crippen LogP contribution in [0, 0.1) is 25.5 Å². The average Bonchev–Trinajstić information content (AvgIpc) is 3.34. The molecule has 1 saturated carbocycles. The number of anilines is 1. The van der Waals surface area contributed by atoms with Gasteiger partial charge in [-0.25, -0.2) is 17.6 Å². The number of carbonyl (C=O) groups is 4. The highest BCUT2D eigenvalue weighted by Crippen LogP contribution is 2.46. The summed E-state index contributed by atoms with van der Waals surface area (Å²) in [4.78, 5) is 51.3. The molecule has 0 radical (unpaired) electrons. The van der Waals surface area contributed by atoms with E-state index < -0.39 is 59.4 Å². The van der Waals surface area contributed by atoms with Gasteiger partial charge in [-0.1, -0.05) is 0 Å². The van der Waals surface area contributed by atoms with Gasteiger partial charge in [0.2, 0.25) is 5.91 Å². The number of hydrogen-bond acceptors (Lipinski definition) is 4. The normalized spacial score (nSPS) is 17.1. The van der Waals surface area contributed by atoms with Crippen molar-refractivity contribution in [3.05, 3.63) is 51.8 Å². The lowest BCUT2D eigenvalue weighted by Gasteiger charge is -2.45. The quantitative estimate of drug-likeness (QED) is 0.317. The monoisotopic (exact) mass is 508 g/mol. The van der Waals surface area contributed by atoms with E-state index in [-0.39, 0.29) is 28.1 Å². The van der Waals surface area contributed by atoms with Crippen molar-refractivity contribution < 1.29 is 36.7 Å². The van der Waals surface area contributed by atoms with Crippen molar-refractivity contribution in [3.63, 3.8) is 0 Å².